The molecule has 1 spiro atoms. The summed E-state index contributed by atoms with van der Waals surface area (Å²) in [6, 6.07) is 12.8. The normalized spacial score (nSPS) is 32.3. The Hall–Kier alpha value is -2.94. The van der Waals surface area contributed by atoms with Crippen LogP contribution < -0.4 is 10.6 Å². The van der Waals surface area contributed by atoms with Gasteiger partial charge in [-0.3, -0.25) is 14.4 Å². The fourth-order valence-electron chi connectivity index (χ4n) is 6.91. The molecule has 0 saturated carbocycles. The monoisotopic (exact) mass is 539 g/mol. The molecule has 0 radical (unpaired) electrons. The van der Waals surface area contributed by atoms with E-state index in [4.69, 9.17) is 16.3 Å². The van der Waals surface area contributed by atoms with Crippen molar-refractivity contribution in [2.75, 3.05) is 17.2 Å². The average Bonchev–Trinajstić information content (AvgIpc) is 3.40. The summed E-state index contributed by atoms with van der Waals surface area (Å²) in [5.41, 5.74) is -0.287. The van der Waals surface area contributed by atoms with Crippen molar-refractivity contribution in [1.29, 1.82) is 0 Å². The number of amides is 3. The lowest BCUT2D eigenvalue weighted by Gasteiger charge is -2.36. The predicted molar refractivity (Wildman–Crippen MR) is 145 cm³/mol. The number of halogens is 1. The number of aliphatic hydroxyl groups is 1. The van der Waals surface area contributed by atoms with Gasteiger partial charge in [0.25, 0.3) is 0 Å². The number of para-hydroxylation sites is 2. The number of rotatable bonds is 7. The Morgan fingerprint density at radius 2 is 1.87 bits per heavy atom. The van der Waals surface area contributed by atoms with Crippen LogP contribution in [0.3, 0.4) is 0 Å². The second-order valence-corrected chi connectivity index (χ2v) is 11.4. The highest BCUT2D eigenvalue weighted by molar-refractivity contribution is 6.34. The molecule has 2 aromatic carbocycles. The molecule has 3 aliphatic heterocycles. The van der Waals surface area contributed by atoms with Gasteiger partial charge >= 0.3 is 0 Å². The SMILES string of the molecule is CC[C@@H](CO)N1C(=O)[C@@H]2[C@H](C(=O)Nc3ccccc3)[C@@]3(C)OC2(CC3C)C1C(=O)Nc1c(C)cccc1Cl. The molecule has 3 heterocycles. The first-order chi connectivity index (χ1) is 18.1. The van der Waals surface area contributed by atoms with E-state index in [2.05, 4.69) is 10.6 Å². The number of carbonyl (C=O) groups is 3. The van der Waals surface area contributed by atoms with Crippen LogP contribution in [0, 0.1) is 24.7 Å². The number of fused-ring (bicyclic) bond motifs is 1. The number of hydrogen-bond acceptors (Lipinski definition) is 5. The molecular weight excluding hydrogens is 506 g/mol. The van der Waals surface area contributed by atoms with Gasteiger partial charge in [0.15, 0.2) is 0 Å². The molecule has 0 aromatic heterocycles. The van der Waals surface area contributed by atoms with Gasteiger partial charge in [-0.1, -0.05) is 55.8 Å². The van der Waals surface area contributed by atoms with E-state index >= 15 is 0 Å². The number of nitrogens with one attached hydrogen (secondary N) is 2. The highest BCUT2D eigenvalue weighted by Gasteiger charge is 2.80. The van der Waals surface area contributed by atoms with Crippen molar-refractivity contribution < 1.29 is 24.2 Å². The van der Waals surface area contributed by atoms with Crippen LogP contribution in [0.15, 0.2) is 48.5 Å². The number of aryl methyl sites for hydroxylation is 1. The Morgan fingerprint density at radius 3 is 2.50 bits per heavy atom. The molecule has 3 aliphatic rings. The van der Waals surface area contributed by atoms with Gasteiger partial charge in [-0.25, -0.2) is 0 Å². The van der Waals surface area contributed by atoms with E-state index < -0.39 is 41.0 Å². The second kappa shape index (κ2) is 9.67. The van der Waals surface area contributed by atoms with Gasteiger partial charge in [-0.15, -0.1) is 0 Å². The van der Waals surface area contributed by atoms with Crippen LogP contribution in [0.4, 0.5) is 11.4 Å². The van der Waals surface area contributed by atoms with E-state index in [9.17, 15) is 19.5 Å². The van der Waals surface area contributed by atoms with E-state index in [1.165, 1.54) is 4.90 Å². The number of hydrogen-bond donors (Lipinski definition) is 3. The van der Waals surface area contributed by atoms with E-state index in [1.54, 1.807) is 24.3 Å². The first kappa shape index (κ1) is 26.7. The Morgan fingerprint density at radius 1 is 1.16 bits per heavy atom. The minimum atomic E-state index is -1.22. The summed E-state index contributed by atoms with van der Waals surface area (Å²) in [6.45, 7) is 7.25. The number of carbonyl (C=O) groups excluding carboxylic acids is 3. The Balaban J connectivity index is 1.58. The second-order valence-electron chi connectivity index (χ2n) is 11.0. The van der Waals surface area contributed by atoms with Crippen LogP contribution >= 0.6 is 11.6 Å². The topological polar surface area (TPSA) is 108 Å². The highest BCUT2D eigenvalue weighted by atomic mass is 35.5. The number of likely N-dealkylation sites (tertiary alicyclic amines) is 1. The molecule has 2 aromatic rings. The molecule has 7 atom stereocenters. The average molecular weight is 540 g/mol. The summed E-state index contributed by atoms with van der Waals surface area (Å²) in [6.07, 6.45) is 0.876. The zero-order chi connectivity index (χ0) is 27.4. The molecule has 3 unspecified atom stereocenters. The Kier molecular flexibility index (Phi) is 6.78. The lowest BCUT2D eigenvalue weighted by molar-refractivity contribution is -0.148. The molecule has 9 heteroatoms. The van der Waals surface area contributed by atoms with E-state index in [-0.39, 0.29) is 24.3 Å². The summed E-state index contributed by atoms with van der Waals surface area (Å²) in [5, 5.41) is 16.5. The van der Waals surface area contributed by atoms with Crippen molar-refractivity contribution in [2.24, 2.45) is 17.8 Å². The number of aliphatic hydroxyl groups excluding tert-OH is 1. The van der Waals surface area contributed by atoms with Crippen LogP contribution in [-0.4, -0.2) is 57.6 Å². The summed E-state index contributed by atoms with van der Waals surface area (Å²) in [7, 11) is 0. The zero-order valence-electron chi connectivity index (χ0n) is 22.0. The fraction of sp³-hybridized carbons (Fsp3) is 0.483. The first-order valence-corrected chi connectivity index (χ1v) is 13.5. The molecule has 5 rings (SSSR count). The molecule has 8 nitrogen and oxygen atoms in total. The van der Waals surface area contributed by atoms with E-state index in [0.717, 1.165) is 5.56 Å². The van der Waals surface area contributed by atoms with Gasteiger partial charge in [0.05, 0.1) is 40.8 Å². The van der Waals surface area contributed by atoms with Crippen LogP contribution in [0.25, 0.3) is 0 Å². The number of benzene rings is 2. The number of ether oxygens (including phenoxy) is 1. The van der Waals surface area contributed by atoms with Crippen molar-refractivity contribution in [3.63, 3.8) is 0 Å². The van der Waals surface area contributed by atoms with Gasteiger partial charge in [0.2, 0.25) is 17.7 Å². The molecule has 3 saturated heterocycles. The minimum Gasteiger partial charge on any atom is -0.394 e. The number of anilines is 2. The van der Waals surface area contributed by atoms with Gasteiger partial charge in [-0.2, -0.15) is 0 Å². The molecule has 3 amide bonds. The summed E-state index contributed by atoms with van der Waals surface area (Å²) < 4.78 is 6.73. The van der Waals surface area contributed by atoms with Crippen molar-refractivity contribution in [3.8, 4) is 0 Å². The van der Waals surface area contributed by atoms with Gasteiger partial charge in [-0.05, 0) is 56.4 Å². The molecule has 2 bridgehead atoms. The van der Waals surface area contributed by atoms with Crippen LogP contribution in [-0.2, 0) is 19.1 Å². The third-order valence-corrected chi connectivity index (χ3v) is 9.19. The van der Waals surface area contributed by atoms with Crippen molar-refractivity contribution in [2.45, 2.75) is 63.8 Å². The largest absolute Gasteiger partial charge is 0.394 e. The van der Waals surface area contributed by atoms with E-state index in [1.807, 2.05) is 52.0 Å². The van der Waals surface area contributed by atoms with Crippen molar-refractivity contribution >= 4 is 40.7 Å². The maximum absolute atomic E-state index is 14.2. The lowest BCUT2D eigenvalue weighted by Crippen LogP contribution is -2.56. The Labute approximate surface area is 227 Å². The maximum atomic E-state index is 14.2. The summed E-state index contributed by atoms with van der Waals surface area (Å²) >= 11 is 6.42. The molecule has 3 fully saturated rings. The molecule has 3 N–H and O–H groups in total. The summed E-state index contributed by atoms with van der Waals surface area (Å²) in [5.74, 6) is -2.86. The van der Waals surface area contributed by atoms with Gasteiger partial charge in [0.1, 0.15) is 11.6 Å². The molecule has 38 heavy (non-hydrogen) atoms. The lowest BCUT2D eigenvalue weighted by atomic mass is 9.62. The standard InChI is InChI=1S/C29H34ClN3O5/c1-5-19(15-34)33-24(26(36)32-23-16(2)10-9-13-20(23)30)29-14-17(3)28(4,38-29)21(22(29)27(33)37)25(35)31-18-11-7-6-8-12-18/h6-13,17,19,21-22,24,34H,5,14-15H2,1-4H3,(H,31,35)(H,32,36)/t17?,19-,21+,22-,24?,28-,29?/m0/s1. The Bertz CT molecular complexity index is 1250. The molecule has 202 valence electrons. The third kappa shape index (κ3) is 3.84. The third-order valence-electron chi connectivity index (χ3n) is 8.87. The highest BCUT2D eigenvalue weighted by Crippen LogP contribution is 2.65. The zero-order valence-corrected chi connectivity index (χ0v) is 22.8. The smallest absolute Gasteiger partial charge is 0.250 e. The summed E-state index contributed by atoms with van der Waals surface area (Å²) in [4.78, 5) is 43.5. The molecular formula is C29H34ClN3O5. The quantitative estimate of drug-likeness (QED) is 0.493. The number of nitrogens with zero attached hydrogens (tertiary/aromatic N) is 1. The van der Waals surface area contributed by atoms with Crippen molar-refractivity contribution in [3.05, 3.63) is 59.1 Å². The maximum Gasteiger partial charge on any atom is 0.250 e. The van der Waals surface area contributed by atoms with E-state index in [0.29, 0.717) is 29.2 Å². The van der Waals surface area contributed by atoms with Gasteiger partial charge < -0.3 is 25.4 Å². The van der Waals surface area contributed by atoms with Crippen LogP contribution in [0.2, 0.25) is 5.02 Å². The van der Waals surface area contributed by atoms with Crippen LogP contribution in [0.1, 0.15) is 39.2 Å². The molecule has 0 aliphatic carbocycles. The predicted octanol–water partition coefficient (Wildman–Crippen LogP) is 4.01. The fourth-order valence-corrected chi connectivity index (χ4v) is 7.18. The first-order valence-electron chi connectivity index (χ1n) is 13.1. The van der Waals surface area contributed by atoms with Crippen LogP contribution in [0.5, 0.6) is 0 Å². The minimum absolute atomic E-state index is 0.0930. The van der Waals surface area contributed by atoms with Gasteiger partial charge in [0, 0.05) is 5.69 Å². The van der Waals surface area contributed by atoms with Crippen molar-refractivity contribution in [1.82, 2.24) is 4.90 Å².